The summed E-state index contributed by atoms with van der Waals surface area (Å²) in [6, 6.07) is 11.8. The number of nitrogens with zero attached hydrogens (tertiary/aromatic N) is 1. The molecular weight excluding hydrogens is 431 g/mol. The van der Waals surface area contributed by atoms with E-state index < -0.39 is 29.3 Å². The number of carbonyl (C=O) groups excluding carboxylic acids is 3. The summed E-state index contributed by atoms with van der Waals surface area (Å²) in [6.45, 7) is 1.34. The minimum atomic E-state index is -1.14. The summed E-state index contributed by atoms with van der Waals surface area (Å²) in [4.78, 5) is 38.8. The van der Waals surface area contributed by atoms with Gasteiger partial charge in [0, 0.05) is 18.3 Å². The van der Waals surface area contributed by atoms with Crippen LogP contribution in [0.4, 0.5) is 15.8 Å². The fourth-order valence-corrected chi connectivity index (χ4v) is 3.76. The second-order valence-electron chi connectivity index (χ2n) is 7.26. The molecule has 2 amide bonds. The van der Waals surface area contributed by atoms with E-state index in [2.05, 4.69) is 5.32 Å². The second-order valence-corrected chi connectivity index (χ2v) is 7.26. The number of carbonyl (C=O) groups is 3. The van der Waals surface area contributed by atoms with Crippen molar-refractivity contribution < 1.29 is 33.0 Å². The van der Waals surface area contributed by atoms with Crippen molar-refractivity contribution in [3.63, 3.8) is 0 Å². The Morgan fingerprint density at radius 2 is 1.94 bits per heavy atom. The van der Waals surface area contributed by atoms with Gasteiger partial charge in [-0.3, -0.25) is 19.3 Å². The van der Waals surface area contributed by atoms with Gasteiger partial charge in [0.1, 0.15) is 29.1 Å². The normalized spacial score (nSPS) is 17.3. The van der Waals surface area contributed by atoms with E-state index in [1.165, 1.54) is 32.4 Å². The second kappa shape index (κ2) is 8.62. The van der Waals surface area contributed by atoms with Crippen molar-refractivity contribution >= 4 is 34.7 Å². The maximum atomic E-state index is 14.0. The van der Waals surface area contributed by atoms with E-state index in [1.807, 2.05) is 0 Å². The van der Waals surface area contributed by atoms with E-state index in [0.29, 0.717) is 5.69 Å². The third-order valence-corrected chi connectivity index (χ3v) is 5.12. The highest BCUT2D eigenvalue weighted by atomic mass is 19.1. The first-order chi connectivity index (χ1) is 15.8. The fourth-order valence-electron chi connectivity index (χ4n) is 3.76. The van der Waals surface area contributed by atoms with Crippen molar-refractivity contribution in [1.82, 2.24) is 0 Å². The van der Waals surface area contributed by atoms with E-state index in [4.69, 9.17) is 9.15 Å². The number of halogens is 1. The minimum absolute atomic E-state index is 0.0842. The molecule has 1 fully saturated rings. The first-order valence-corrected chi connectivity index (χ1v) is 9.87. The van der Waals surface area contributed by atoms with Gasteiger partial charge in [-0.2, -0.15) is 0 Å². The first kappa shape index (κ1) is 21.8. The number of ether oxygens (including phenoxy) is 1. The van der Waals surface area contributed by atoms with Gasteiger partial charge in [0.25, 0.3) is 11.7 Å². The van der Waals surface area contributed by atoms with E-state index in [9.17, 15) is 23.9 Å². The van der Waals surface area contributed by atoms with Crippen molar-refractivity contribution in [2.75, 3.05) is 17.3 Å². The number of amides is 2. The van der Waals surface area contributed by atoms with Gasteiger partial charge in [0.15, 0.2) is 0 Å². The van der Waals surface area contributed by atoms with E-state index in [-0.39, 0.29) is 34.2 Å². The zero-order valence-electron chi connectivity index (χ0n) is 17.7. The van der Waals surface area contributed by atoms with Gasteiger partial charge in [0.2, 0.25) is 5.91 Å². The maximum absolute atomic E-state index is 14.0. The summed E-state index contributed by atoms with van der Waals surface area (Å²) in [6.07, 6.45) is 1.37. The van der Waals surface area contributed by atoms with Gasteiger partial charge in [-0.15, -0.1) is 0 Å². The number of benzene rings is 2. The van der Waals surface area contributed by atoms with Crippen molar-refractivity contribution in [2.45, 2.75) is 13.0 Å². The number of nitrogens with one attached hydrogen (secondary N) is 1. The number of aliphatic hydroxyl groups is 1. The number of hydrogen-bond acceptors (Lipinski definition) is 6. The highest BCUT2D eigenvalue weighted by molar-refractivity contribution is 6.51. The highest BCUT2D eigenvalue weighted by Crippen LogP contribution is 2.43. The average molecular weight is 450 g/mol. The Morgan fingerprint density at radius 1 is 1.15 bits per heavy atom. The summed E-state index contributed by atoms with van der Waals surface area (Å²) in [7, 11) is 1.33. The van der Waals surface area contributed by atoms with Crippen LogP contribution in [0.5, 0.6) is 5.75 Å². The summed E-state index contributed by atoms with van der Waals surface area (Å²) in [5, 5.41) is 13.7. The Hall–Kier alpha value is -4.40. The van der Waals surface area contributed by atoms with Crippen LogP contribution in [-0.4, -0.2) is 29.8 Å². The Labute approximate surface area is 187 Å². The van der Waals surface area contributed by atoms with Gasteiger partial charge >= 0.3 is 0 Å². The Morgan fingerprint density at radius 3 is 2.61 bits per heavy atom. The Kier molecular flexibility index (Phi) is 5.70. The number of furan rings is 1. The molecule has 1 aliphatic heterocycles. The molecule has 0 aliphatic carbocycles. The number of rotatable bonds is 5. The first-order valence-electron chi connectivity index (χ1n) is 9.87. The van der Waals surface area contributed by atoms with Crippen LogP contribution in [0.25, 0.3) is 5.76 Å². The molecule has 1 atom stereocenters. The number of methoxy groups -OCH3 is 1. The smallest absolute Gasteiger partial charge is 0.300 e. The number of hydrogen-bond donors (Lipinski definition) is 2. The molecule has 4 rings (SSSR count). The van der Waals surface area contributed by atoms with Gasteiger partial charge in [-0.1, -0.05) is 6.07 Å². The quantitative estimate of drug-likeness (QED) is 0.345. The molecule has 0 saturated carbocycles. The predicted molar refractivity (Wildman–Crippen MR) is 117 cm³/mol. The molecule has 168 valence electrons. The van der Waals surface area contributed by atoms with Crippen molar-refractivity contribution in [2.24, 2.45) is 0 Å². The number of ketones is 1. The zero-order chi connectivity index (χ0) is 23.7. The highest BCUT2D eigenvalue weighted by Gasteiger charge is 2.48. The van der Waals surface area contributed by atoms with Crippen molar-refractivity contribution in [3.8, 4) is 5.75 Å². The molecule has 1 aliphatic rings. The van der Waals surface area contributed by atoms with Gasteiger partial charge in [-0.25, -0.2) is 4.39 Å². The monoisotopic (exact) mass is 450 g/mol. The van der Waals surface area contributed by atoms with Crippen molar-refractivity contribution in [1.29, 1.82) is 0 Å². The third-order valence-electron chi connectivity index (χ3n) is 5.12. The fraction of sp³-hybridized carbons (Fsp3) is 0.125. The van der Waals surface area contributed by atoms with Crippen LogP contribution in [0, 0.1) is 5.82 Å². The van der Waals surface area contributed by atoms with Crippen LogP contribution >= 0.6 is 0 Å². The largest absolute Gasteiger partial charge is 0.507 e. The van der Waals surface area contributed by atoms with Crippen LogP contribution in [0.2, 0.25) is 0 Å². The van der Waals surface area contributed by atoms with E-state index >= 15 is 0 Å². The van der Waals surface area contributed by atoms with Gasteiger partial charge < -0.3 is 19.6 Å². The summed E-state index contributed by atoms with van der Waals surface area (Å²) < 4.78 is 24.7. The predicted octanol–water partition coefficient (Wildman–Crippen LogP) is 4.01. The molecular formula is C24H19FN2O6. The lowest BCUT2D eigenvalue weighted by Crippen LogP contribution is -2.29. The zero-order valence-corrected chi connectivity index (χ0v) is 17.7. The van der Waals surface area contributed by atoms with Crippen LogP contribution in [0.15, 0.2) is 70.9 Å². The molecule has 1 saturated heterocycles. The molecule has 0 spiro atoms. The number of anilines is 2. The Bertz CT molecular complexity index is 1280. The topological polar surface area (TPSA) is 109 Å². The molecule has 1 aromatic heterocycles. The molecule has 0 radical (unpaired) electrons. The molecule has 3 aromatic rings. The molecule has 2 N–H and O–H groups in total. The molecule has 2 heterocycles. The molecule has 33 heavy (non-hydrogen) atoms. The molecule has 9 heteroatoms. The number of aliphatic hydroxyl groups excluding tert-OH is 1. The lowest BCUT2D eigenvalue weighted by Gasteiger charge is -2.24. The van der Waals surface area contributed by atoms with Gasteiger partial charge in [0.05, 0.1) is 24.5 Å². The SMILES string of the molecule is COc1ccc(F)cc1/C(O)=C1/C(=O)C(=O)N(c2cccc(NC(C)=O)c2)C1c1ccco1. The van der Waals surface area contributed by atoms with Crippen LogP contribution in [0.3, 0.4) is 0 Å². The van der Waals surface area contributed by atoms with Crippen molar-refractivity contribution in [3.05, 3.63) is 83.6 Å². The summed E-state index contributed by atoms with van der Waals surface area (Å²) in [5.41, 5.74) is 0.324. The summed E-state index contributed by atoms with van der Waals surface area (Å²) in [5.74, 6) is -3.16. The Balaban J connectivity index is 1.92. The average Bonchev–Trinajstić information content (AvgIpc) is 3.40. The van der Waals surface area contributed by atoms with E-state index in [1.54, 1.807) is 30.3 Å². The summed E-state index contributed by atoms with van der Waals surface area (Å²) >= 11 is 0. The standard InChI is InChI=1S/C24H19FN2O6/c1-13(28)26-15-5-3-6-16(12-15)27-21(19-7-4-10-33-19)20(23(30)24(27)31)22(29)17-11-14(25)8-9-18(17)32-2/h3-12,21,29H,1-2H3,(H,26,28)/b22-20-. The van der Waals surface area contributed by atoms with Crippen LogP contribution in [-0.2, 0) is 14.4 Å². The minimum Gasteiger partial charge on any atom is -0.507 e. The molecule has 8 nitrogen and oxygen atoms in total. The third kappa shape index (κ3) is 3.96. The molecule has 0 bridgehead atoms. The molecule has 1 unspecified atom stereocenters. The number of Topliss-reactive ketones (excluding diaryl/α,β-unsaturated/α-hetero) is 1. The van der Waals surface area contributed by atoms with E-state index in [0.717, 1.165) is 17.0 Å². The lowest BCUT2D eigenvalue weighted by molar-refractivity contribution is -0.132. The van der Waals surface area contributed by atoms with Crippen LogP contribution < -0.4 is 15.0 Å². The maximum Gasteiger partial charge on any atom is 0.300 e. The lowest BCUT2D eigenvalue weighted by atomic mass is 9.98. The van der Waals surface area contributed by atoms with Gasteiger partial charge in [-0.05, 0) is 48.5 Å². The molecule has 2 aromatic carbocycles. The van der Waals surface area contributed by atoms with Crippen LogP contribution in [0.1, 0.15) is 24.3 Å².